The van der Waals surface area contributed by atoms with Crippen molar-refractivity contribution in [3.05, 3.63) is 18.0 Å². The fraction of sp³-hybridized carbons (Fsp3) is 0.429. The van der Waals surface area contributed by atoms with E-state index >= 15 is 0 Å². The van der Waals surface area contributed by atoms with Crippen molar-refractivity contribution in [2.24, 2.45) is 5.92 Å². The molecule has 1 aromatic rings. The van der Waals surface area contributed by atoms with E-state index in [2.05, 4.69) is 10.2 Å². The first kappa shape index (κ1) is 6.99. The number of aromatic nitrogens is 2. The lowest BCUT2D eigenvalue weighted by Gasteiger charge is -1.97. The average Bonchev–Trinajstić information content (AvgIpc) is 2.36. The second-order valence-electron chi connectivity index (χ2n) is 2.51. The van der Waals surface area contributed by atoms with Crippen LogP contribution in [-0.4, -0.2) is 16.0 Å². The molecule has 0 aliphatic carbocycles. The van der Waals surface area contributed by atoms with Gasteiger partial charge in [-0.1, -0.05) is 13.8 Å². The molecule has 0 fully saturated rings. The summed E-state index contributed by atoms with van der Waals surface area (Å²) in [6.07, 6.45) is 3.16. The Labute approximate surface area is 59.4 Å². The number of H-pyrrole nitrogens is 1. The van der Waals surface area contributed by atoms with Gasteiger partial charge in [0.2, 0.25) is 0 Å². The highest BCUT2D eigenvalue weighted by atomic mass is 16.1. The topological polar surface area (TPSA) is 45.8 Å². The minimum atomic E-state index is 0.0533. The lowest BCUT2D eigenvalue weighted by molar-refractivity contribution is 0.0939. The number of nitrogens with zero attached hydrogens (tertiary/aromatic N) is 1. The summed E-state index contributed by atoms with van der Waals surface area (Å²) in [5, 5.41) is 6.27. The van der Waals surface area contributed by atoms with Crippen molar-refractivity contribution in [2.45, 2.75) is 13.8 Å². The molecular formula is C7H10N2O. The molecule has 0 saturated heterocycles. The SMILES string of the molecule is CC(C)C(=O)c1cn[nH]c1. The molecule has 3 nitrogen and oxygen atoms in total. The molecular weight excluding hydrogens is 128 g/mol. The van der Waals surface area contributed by atoms with E-state index in [1.54, 1.807) is 12.4 Å². The summed E-state index contributed by atoms with van der Waals surface area (Å²) in [6, 6.07) is 0. The molecule has 0 amide bonds. The molecule has 0 unspecified atom stereocenters. The summed E-state index contributed by atoms with van der Waals surface area (Å²) in [5.74, 6) is 0.186. The van der Waals surface area contributed by atoms with Gasteiger partial charge in [0.25, 0.3) is 0 Å². The van der Waals surface area contributed by atoms with E-state index < -0.39 is 0 Å². The van der Waals surface area contributed by atoms with Crippen LogP contribution in [0.5, 0.6) is 0 Å². The molecule has 54 valence electrons. The number of nitrogens with one attached hydrogen (secondary N) is 1. The Balaban J connectivity index is 2.78. The molecule has 0 aromatic carbocycles. The number of rotatable bonds is 2. The number of aromatic amines is 1. The Morgan fingerprint density at radius 2 is 2.40 bits per heavy atom. The number of carbonyl (C=O) groups excluding carboxylic acids is 1. The molecule has 3 heteroatoms. The maximum absolute atomic E-state index is 11.1. The largest absolute Gasteiger partial charge is 0.294 e. The Kier molecular flexibility index (Phi) is 1.85. The molecule has 10 heavy (non-hydrogen) atoms. The predicted molar refractivity (Wildman–Crippen MR) is 37.8 cm³/mol. The van der Waals surface area contributed by atoms with Gasteiger partial charge in [-0.2, -0.15) is 5.10 Å². The molecule has 0 bridgehead atoms. The van der Waals surface area contributed by atoms with Crippen LogP contribution in [0, 0.1) is 5.92 Å². The molecule has 0 atom stereocenters. The molecule has 0 radical (unpaired) electrons. The summed E-state index contributed by atoms with van der Waals surface area (Å²) in [4.78, 5) is 11.1. The third-order valence-electron chi connectivity index (χ3n) is 1.31. The van der Waals surface area contributed by atoms with Gasteiger partial charge in [-0.25, -0.2) is 0 Å². The van der Waals surface area contributed by atoms with Crippen LogP contribution in [0.2, 0.25) is 0 Å². The van der Waals surface area contributed by atoms with Gasteiger partial charge in [-0.15, -0.1) is 0 Å². The zero-order chi connectivity index (χ0) is 7.56. The highest BCUT2D eigenvalue weighted by Gasteiger charge is 2.09. The van der Waals surface area contributed by atoms with Crippen LogP contribution in [0.15, 0.2) is 12.4 Å². The van der Waals surface area contributed by atoms with Crippen LogP contribution < -0.4 is 0 Å². The van der Waals surface area contributed by atoms with E-state index in [4.69, 9.17) is 0 Å². The fourth-order valence-electron chi connectivity index (χ4n) is 0.719. The maximum atomic E-state index is 11.1. The molecule has 0 aliphatic rings. The first-order valence-electron chi connectivity index (χ1n) is 3.25. The minimum Gasteiger partial charge on any atom is -0.294 e. The van der Waals surface area contributed by atoms with Gasteiger partial charge in [-0.05, 0) is 0 Å². The number of carbonyl (C=O) groups is 1. The van der Waals surface area contributed by atoms with E-state index in [-0.39, 0.29) is 11.7 Å². The smallest absolute Gasteiger partial charge is 0.168 e. The van der Waals surface area contributed by atoms with E-state index in [1.165, 1.54) is 0 Å². The van der Waals surface area contributed by atoms with Gasteiger partial charge >= 0.3 is 0 Å². The minimum absolute atomic E-state index is 0.0533. The molecule has 1 aromatic heterocycles. The highest BCUT2D eigenvalue weighted by molar-refractivity contribution is 5.96. The van der Waals surface area contributed by atoms with Gasteiger partial charge < -0.3 is 0 Å². The average molecular weight is 138 g/mol. The third kappa shape index (κ3) is 1.23. The zero-order valence-electron chi connectivity index (χ0n) is 6.09. The second-order valence-corrected chi connectivity index (χ2v) is 2.51. The number of hydrogen-bond acceptors (Lipinski definition) is 2. The number of ketones is 1. The van der Waals surface area contributed by atoms with Crippen LogP contribution in [-0.2, 0) is 0 Å². The quantitative estimate of drug-likeness (QED) is 0.625. The maximum Gasteiger partial charge on any atom is 0.168 e. The van der Waals surface area contributed by atoms with Crippen molar-refractivity contribution in [1.29, 1.82) is 0 Å². The summed E-state index contributed by atoms with van der Waals surface area (Å²) in [7, 11) is 0. The Hall–Kier alpha value is -1.12. The second kappa shape index (κ2) is 2.64. The zero-order valence-corrected chi connectivity index (χ0v) is 6.09. The molecule has 1 rings (SSSR count). The van der Waals surface area contributed by atoms with Crippen molar-refractivity contribution in [1.82, 2.24) is 10.2 Å². The Morgan fingerprint density at radius 1 is 1.70 bits per heavy atom. The normalized spacial score (nSPS) is 10.3. The molecule has 1 heterocycles. The summed E-state index contributed by atoms with van der Waals surface area (Å²) in [6.45, 7) is 3.74. The molecule has 1 N–H and O–H groups in total. The van der Waals surface area contributed by atoms with E-state index in [0.29, 0.717) is 5.56 Å². The first-order chi connectivity index (χ1) is 4.72. The third-order valence-corrected chi connectivity index (χ3v) is 1.31. The van der Waals surface area contributed by atoms with Gasteiger partial charge in [0.05, 0.1) is 11.8 Å². The summed E-state index contributed by atoms with van der Waals surface area (Å²) < 4.78 is 0. The van der Waals surface area contributed by atoms with Crippen molar-refractivity contribution in [3.8, 4) is 0 Å². The van der Waals surface area contributed by atoms with Crippen LogP contribution in [0.4, 0.5) is 0 Å². The lowest BCUT2D eigenvalue weighted by Crippen LogP contribution is -2.05. The van der Waals surface area contributed by atoms with Gasteiger partial charge in [0, 0.05) is 12.1 Å². The van der Waals surface area contributed by atoms with Crippen LogP contribution in [0.25, 0.3) is 0 Å². The van der Waals surface area contributed by atoms with Crippen molar-refractivity contribution in [2.75, 3.05) is 0 Å². The highest BCUT2D eigenvalue weighted by Crippen LogP contribution is 2.04. The van der Waals surface area contributed by atoms with Crippen molar-refractivity contribution < 1.29 is 4.79 Å². The fourth-order valence-corrected chi connectivity index (χ4v) is 0.719. The Bertz CT molecular complexity index is 214. The summed E-state index contributed by atoms with van der Waals surface area (Å²) in [5.41, 5.74) is 0.662. The summed E-state index contributed by atoms with van der Waals surface area (Å²) >= 11 is 0. The van der Waals surface area contributed by atoms with Gasteiger partial charge in [0.15, 0.2) is 5.78 Å². The van der Waals surface area contributed by atoms with Crippen molar-refractivity contribution in [3.63, 3.8) is 0 Å². The first-order valence-corrected chi connectivity index (χ1v) is 3.25. The standard InChI is InChI=1S/C7H10N2O/c1-5(2)7(10)6-3-8-9-4-6/h3-5H,1-2H3,(H,8,9). The van der Waals surface area contributed by atoms with Crippen LogP contribution in [0.1, 0.15) is 24.2 Å². The number of hydrogen-bond donors (Lipinski definition) is 1. The predicted octanol–water partition coefficient (Wildman–Crippen LogP) is 1.25. The molecule has 0 spiro atoms. The monoisotopic (exact) mass is 138 g/mol. The molecule has 0 aliphatic heterocycles. The van der Waals surface area contributed by atoms with Crippen LogP contribution >= 0.6 is 0 Å². The van der Waals surface area contributed by atoms with Gasteiger partial charge in [-0.3, -0.25) is 9.89 Å². The van der Waals surface area contributed by atoms with Crippen LogP contribution in [0.3, 0.4) is 0 Å². The lowest BCUT2D eigenvalue weighted by atomic mass is 10.1. The molecule has 0 saturated carbocycles. The van der Waals surface area contributed by atoms with E-state index in [1.807, 2.05) is 13.8 Å². The van der Waals surface area contributed by atoms with Gasteiger partial charge in [0.1, 0.15) is 0 Å². The number of Topliss-reactive ketones (excluding diaryl/α,β-unsaturated/α-hetero) is 1. The van der Waals surface area contributed by atoms with E-state index in [9.17, 15) is 4.79 Å². The van der Waals surface area contributed by atoms with E-state index in [0.717, 1.165) is 0 Å². The Morgan fingerprint density at radius 3 is 2.80 bits per heavy atom. The van der Waals surface area contributed by atoms with Crippen molar-refractivity contribution >= 4 is 5.78 Å².